The molecular formula is C11H12N2O3S2. The van der Waals surface area contributed by atoms with Crippen LogP contribution in [0.1, 0.15) is 10.4 Å². The third-order valence-electron chi connectivity index (χ3n) is 2.87. The van der Waals surface area contributed by atoms with Crippen molar-refractivity contribution in [2.45, 2.75) is 13.0 Å². The number of hydrogen-bond acceptors (Lipinski definition) is 5. The Morgan fingerprint density at radius 2 is 2.39 bits per heavy atom. The Morgan fingerprint density at radius 1 is 1.56 bits per heavy atom. The van der Waals surface area contributed by atoms with Crippen LogP contribution in [0.25, 0.3) is 11.3 Å². The van der Waals surface area contributed by atoms with Crippen LogP contribution < -0.4 is 0 Å². The van der Waals surface area contributed by atoms with Crippen molar-refractivity contribution in [1.82, 2.24) is 9.78 Å². The highest BCUT2D eigenvalue weighted by Gasteiger charge is 2.24. The highest BCUT2D eigenvalue weighted by atomic mass is 32.2. The molecule has 1 aliphatic carbocycles. The Morgan fingerprint density at radius 3 is 3.17 bits per heavy atom. The lowest BCUT2D eigenvalue weighted by Crippen LogP contribution is -2.12. The first kappa shape index (κ1) is 11.9. The molecule has 0 fully saturated rings. The van der Waals surface area contributed by atoms with Crippen molar-refractivity contribution in [1.29, 1.82) is 0 Å². The van der Waals surface area contributed by atoms with Gasteiger partial charge in [0.2, 0.25) is 0 Å². The first-order chi connectivity index (χ1) is 8.54. The van der Waals surface area contributed by atoms with E-state index in [-0.39, 0.29) is 6.61 Å². The molecule has 0 spiro atoms. The molecule has 2 heterocycles. The van der Waals surface area contributed by atoms with Gasteiger partial charge in [-0.25, -0.2) is 0 Å². The Hall–Kier alpha value is -1.18. The number of aromatic nitrogens is 2. The molecule has 96 valence electrons. The van der Waals surface area contributed by atoms with Gasteiger partial charge in [0.25, 0.3) is 10.1 Å². The maximum absolute atomic E-state index is 10.9. The maximum atomic E-state index is 10.9. The normalized spacial score (nSPS) is 13.6. The lowest BCUT2D eigenvalue weighted by atomic mass is 10.2. The fourth-order valence-electron chi connectivity index (χ4n) is 2.17. The molecule has 3 rings (SSSR count). The van der Waals surface area contributed by atoms with E-state index < -0.39 is 10.1 Å². The van der Waals surface area contributed by atoms with E-state index in [9.17, 15) is 8.42 Å². The fourth-order valence-corrected chi connectivity index (χ4v) is 3.45. The van der Waals surface area contributed by atoms with Crippen LogP contribution >= 0.6 is 11.3 Å². The molecule has 0 radical (unpaired) electrons. The zero-order valence-corrected chi connectivity index (χ0v) is 11.4. The molecule has 7 heteroatoms. The van der Waals surface area contributed by atoms with E-state index in [0.717, 1.165) is 18.4 Å². The highest BCUT2D eigenvalue weighted by molar-refractivity contribution is 7.85. The lowest BCUT2D eigenvalue weighted by molar-refractivity contribution is 0.298. The average molecular weight is 284 g/mol. The standard InChI is InChI=1S/C11H12N2O3S2/c1-18(14,15)16-4-3-13-11-8(7-12-13)6-10-9(11)2-5-17-10/h2,5,7H,3-4,6H2,1H3. The van der Waals surface area contributed by atoms with Gasteiger partial charge in [0.1, 0.15) is 0 Å². The van der Waals surface area contributed by atoms with Crippen molar-refractivity contribution >= 4 is 21.5 Å². The molecule has 0 unspecified atom stereocenters. The molecule has 2 aromatic rings. The number of nitrogens with zero attached hydrogens (tertiary/aromatic N) is 2. The van der Waals surface area contributed by atoms with Crippen LogP contribution in [0.4, 0.5) is 0 Å². The first-order valence-corrected chi connectivity index (χ1v) is 8.20. The summed E-state index contributed by atoms with van der Waals surface area (Å²) in [6.45, 7) is 0.560. The summed E-state index contributed by atoms with van der Waals surface area (Å²) >= 11 is 1.74. The second kappa shape index (κ2) is 4.18. The Bertz CT molecular complexity index is 685. The summed E-state index contributed by atoms with van der Waals surface area (Å²) in [4.78, 5) is 1.35. The van der Waals surface area contributed by atoms with Gasteiger partial charge >= 0.3 is 0 Å². The molecule has 5 nitrogen and oxygen atoms in total. The summed E-state index contributed by atoms with van der Waals surface area (Å²) in [5.74, 6) is 0. The van der Waals surface area contributed by atoms with Crippen molar-refractivity contribution in [2.75, 3.05) is 12.9 Å². The lowest BCUT2D eigenvalue weighted by Gasteiger charge is -2.05. The van der Waals surface area contributed by atoms with E-state index >= 15 is 0 Å². The van der Waals surface area contributed by atoms with Crippen LogP contribution in [0.2, 0.25) is 0 Å². The average Bonchev–Trinajstić information content (AvgIpc) is 2.87. The maximum Gasteiger partial charge on any atom is 0.264 e. The summed E-state index contributed by atoms with van der Waals surface area (Å²) in [5, 5.41) is 6.35. The van der Waals surface area contributed by atoms with Gasteiger partial charge < -0.3 is 0 Å². The Balaban J connectivity index is 1.81. The summed E-state index contributed by atoms with van der Waals surface area (Å²) in [6, 6.07) is 2.08. The molecule has 0 saturated carbocycles. The second-order valence-corrected chi connectivity index (χ2v) is 6.85. The van der Waals surface area contributed by atoms with Crippen molar-refractivity contribution in [3.8, 4) is 11.3 Å². The topological polar surface area (TPSA) is 61.2 Å². The molecule has 0 atom stereocenters. The van der Waals surface area contributed by atoms with Crippen LogP contribution in [0.15, 0.2) is 17.6 Å². The number of fused-ring (bicyclic) bond motifs is 3. The van der Waals surface area contributed by atoms with Crippen molar-refractivity contribution < 1.29 is 12.6 Å². The molecule has 1 aliphatic rings. The van der Waals surface area contributed by atoms with Gasteiger partial charge in [-0.1, -0.05) is 0 Å². The molecule has 0 amide bonds. The zero-order chi connectivity index (χ0) is 12.8. The van der Waals surface area contributed by atoms with Gasteiger partial charge in [0.15, 0.2) is 0 Å². The van der Waals surface area contributed by atoms with Crippen molar-refractivity contribution in [2.24, 2.45) is 0 Å². The van der Waals surface area contributed by atoms with Gasteiger partial charge in [-0.15, -0.1) is 11.3 Å². The van der Waals surface area contributed by atoms with E-state index in [1.165, 1.54) is 16.0 Å². The number of rotatable bonds is 4. The van der Waals surface area contributed by atoms with E-state index in [1.807, 2.05) is 10.9 Å². The van der Waals surface area contributed by atoms with Crippen LogP contribution in [0.5, 0.6) is 0 Å². The van der Waals surface area contributed by atoms with Gasteiger partial charge in [-0.2, -0.15) is 13.5 Å². The minimum Gasteiger partial charge on any atom is -0.268 e. The summed E-state index contributed by atoms with van der Waals surface area (Å²) in [7, 11) is -3.38. The van der Waals surface area contributed by atoms with Gasteiger partial charge in [-0.05, 0) is 11.4 Å². The molecule has 0 N–H and O–H groups in total. The van der Waals surface area contributed by atoms with Crippen molar-refractivity contribution in [3.63, 3.8) is 0 Å². The predicted octanol–water partition coefficient (Wildman–Crippen LogP) is 1.49. The molecule has 0 bridgehead atoms. The summed E-state index contributed by atoms with van der Waals surface area (Å²) < 4.78 is 28.4. The molecule has 0 aliphatic heterocycles. The SMILES string of the molecule is CS(=O)(=O)OCCn1ncc2c1-c1ccsc1C2. The molecule has 0 aromatic carbocycles. The Kier molecular flexibility index (Phi) is 2.76. The predicted molar refractivity (Wildman–Crippen MR) is 69.1 cm³/mol. The zero-order valence-electron chi connectivity index (χ0n) is 9.79. The monoisotopic (exact) mass is 284 g/mol. The largest absolute Gasteiger partial charge is 0.268 e. The van der Waals surface area contributed by atoms with Crippen LogP contribution in [-0.2, 0) is 27.3 Å². The molecule has 2 aromatic heterocycles. The van der Waals surface area contributed by atoms with Crippen LogP contribution in [0.3, 0.4) is 0 Å². The third-order valence-corrected chi connectivity index (χ3v) is 4.38. The quantitative estimate of drug-likeness (QED) is 0.681. The van der Waals surface area contributed by atoms with E-state index in [2.05, 4.69) is 16.5 Å². The van der Waals surface area contributed by atoms with Crippen molar-refractivity contribution in [3.05, 3.63) is 28.1 Å². The highest BCUT2D eigenvalue weighted by Crippen LogP contribution is 2.39. The third kappa shape index (κ3) is 2.09. The second-order valence-electron chi connectivity index (χ2n) is 4.20. The smallest absolute Gasteiger partial charge is 0.264 e. The van der Waals surface area contributed by atoms with Crippen LogP contribution in [0, 0.1) is 0 Å². The van der Waals surface area contributed by atoms with Gasteiger partial charge in [-0.3, -0.25) is 8.86 Å². The number of thiophene rings is 1. The molecule has 0 saturated heterocycles. The molecule has 18 heavy (non-hydrogen) atoms. The minimum atomic E-state index is -3.38. The summed E-state index contributed by atoms with van der Waals surface area (Å²) in [6.07, 6.45) is 3.83. The summed E-state index contributed by atoms with van der Waals surface area (Å²) in [5.41, 5.74) is 3.52. The first-order valence-electron chi connectivity index (χ1n) is 5.50. The van der Waals surface area contributed by atoms with Gasteiger partial charge in [0.05, 0.1) is 31.3 Å². The fraction of sp³-hybridized carbons (Fsp3) is 0.364. The molecular weight excluding hydrogens is 272 g/mol. The van der Waals surface area contributed by atoms with E-state index in [0.29, 0.717) is 6.54 Å². The minimum absolute atomic E-state index is 0.117. The van der Waals surface area contributed by atoms with E-state index in [1.54, 1.807) is 11.3 Å². The van der Waals surface area contributed by atoms with Crippen LogP contribution in [-0.4, -0.2) is 31.1 Å². The Labute approximate surface area is 109 Å². The number of hydrogen-bond donors (Lipinski definition) is 0. The van der Waals surface area contributed by atoms with Gasteiger partial charge in [0, 0.05) is 22.4 Å². The van der Waals surface area contributed by atoms with E-state index in [4.69, 9.17) is 4.18 Å².